The largest absolute Gasteiger partial charge is 1.00 e. The van der Waals surface area contributed by atoms with Crippen LogP contribution in [-0.4, -0.2) is 0 Å². The summed E-state index contributed by atoms with van der Waals surface area (Å²) in [5, 5.41) is 0. The van der Waals surface area contributed by atoms with E-state index in [1.807, 2.05) is 0 Å². The van der Waals surface area contributed by atoms with E-state index in [1.165, 1.54) is 44.5 Å². The molecule has 0 spiro atoms. The van der Waals surface area contributed by atoms with Gasteiger partial charge in [-0.05, 0) is 58.7 Å². The van der Waals surface area contributed by atoms with E-state index >= 15 is 0 Å². The second kappa shape index (κ2) is 37.1. The quantitative estimate of drug-likeness (QED) is 0.0604. The molecule has 0 atom stereocenters. The standard InChI is InChI=1S/C74H70N4.4BrH/c1-9-29-63(30-10-1)53-67-37-25-49-75(59-67)45-21-5-17-41-71-57-73(43-19-7-23-47-77-51-27-39-69(61-77)55-65-33-13-3-14-34-65)74(44-20-8-24-48-78-52-28-40-70(62-78)56-66-35-15-4-16-36-66)58-72(71)42-18-6-22-46-76-50-26-38-68(60-76)54-64-31-11-2-12-32-64;;;;/h1-4,9-16,25-40,49-52,57-62H,5-8,21-24,45-48,53-56H2;4*1H/q+4;;;;/p-4. The molecule has 0 aliphatic carbocycles. The Balaban J connectivity index is 0.00000308. The topological polar surface area (TPSA) is 15.5 Å². The Bertz CT molecular complexity index is 3140. The van der Waals surface area contributed by atoms with Crippen molar-refractivity contribution >= 4 is 0 Å². The second-order valence-electron chi connectivity index (χ2n) is 20.0. The fraction of sp³-hybridized carbons (Fsp3) is 0.216. The van der Waals surface area contributed by atoms with Crippen LogP contribution in [0.3, 0.4) is 0 Å². The zero-order valence-electron chi connectivity index (χ0n) is 46.6. The number of unbranched alkanes of at least 4 members (excludes halogenated alkanes) is 4. The molecule has 0 aliphatic rings. The molecule has 414 valence electrons. The molecular formula is C74H70Br4N4. The zero-order chi connectivity index (χ0) is 53.1. The van der Waals surface area contributed by atoms with E-state index < -0.39 is 0 Å². The Morgan fingerprint density at radius 1 is 0.244 bits per heavy atom. The predicted molar refractivity (Wildman–Crippen MR) is 314 cm³/mol. The molecule has 4 aromatic heterocycles. The van der Waals surface area contributed by atoms with E-state index in [2.05, 4.69) is 297 Å². The second-order valence-corrected chi connectivity index (χ2v) is 20.0. The van der Waals surface area contributed by atoms with Crippen molar-refractivity contribution in [2.45, 2.75) is 103 Å². The first kappa shape index (κ1) is 65.7. The molecule has 0 bridgehead atoms. The van der Waals surface area contributed by atoms with Crippen LogP contribution in [0.1, 0.15) is 118 Å². The van der Waals surface area contributed by atoms with Crippen molar-refractivity contribution in [2.24, 2.45) is 0 Å². The van der Waals surface area contributed by atoms with Gasteiger partial charge in [0.25, 0.3) is 0 Å². The van der Waals surface area contributed by atoms with Crippen molar-refractivity contribution in [3.8, 4) is 47.4 Å². The van der Waals surface area contributed by atoms with Gasteiger partial charge in [0.1, 0.15) is 26.2 Å². The van der Waals surface area contributed by atoms with Gasteiger partial charge >= 0.3 is 0 Å². The van der Waals surface area contributed by atoms with Crippen molar-refractivity contribution in [3.63, 3.8) is 0 Å². The van der Waals surface area contributed by atoms with Gasteiger partial charge in [0.15, 0.2) is 49.6 Å². The Hall–Kier alpha value is -7.14. The lowest BCUT2D eigenvalue weighted by atomic mass is 9.98. The van der Waals surface area contributed by atoms with Gasteiger partial charge in [0.2, 0.25) is 0 Å². The molecule has 4 nitrogen and oxygen atoms in total. The highest BCUT2D eigenvalue weighted by Crippen LogP contribution is 2.17. The SMILES string of the molecule is C(#Cc1cc(C#CCCC[n+]2cccc(Cc3ccccc3)c2)c(C#CCCC[n+]2cccc(Cc3ccccc3)c2)cc1C#CCCC[n+]1cccc(Cc2ccccc2)c1)CCC[n+]1cccc(Cc2ccccc2)c1.[Br-].[Br-].[Br-].[Br-]. The van der Waals surface area contributed by atoms with Crippen molar-refractivity contribution in [1.82, 2.24) is 0 Å². The molecule has 0 saturated carbocycles. The van der Waals surface area contributed by atoms with Crippen LogP contribution < -0.4 is 86.2 Å². The first-order chi connectivity index (χ1) is 38.6. The van der Waals surface area contributed by atoms with Gasteiger partial charge in [0.05, 0.1) is 0 Å². The monoisotopic (exact) mass is 1330 g/mol. The number of nitrogens with zero attached hydrogens (tertiary/aromatic N) is 4. The molecule has 0 amide bonds. The number of aryl methyl sites for hydroxylation is 4. The highest BCUT2D eigenvalue weighted by atomic mass is 79.9. The van der Waals surface area contributed by atoms with E-state index in [4.69, 9.17) is 0 Å². The third kappa shape index (κ3) is 22.7. The highest BCUT2D eigenvalue weighted by molar-refractivity contribution is 5.61. The Morgan fingerprint density at radius 2 is 0.451 bits per heavy atom. The summed E-state index contributed by atoms with van der Waals surface area (Å²) in [5.74, 6) is 28.5. The van der Waals surface area contributed by atoms with Crippen LogP contribution in [0.15, 0.2) is 232 Å². The number of pyridine rings is 4. The number of hydrogen-bond acceptors (Lipinski definition) is 0. The Labute approximate surface area is 530 Å². The van der Waals surface area contributed by atoms with Gasteiger partial charge in [-0.3, -0.25) is 0 Å². The summed E-state index contributed by atoms with van der Waals surface area (Å²) >= 11 is 0. The molecule has 0 unspecified atom stereocenters. The number of hydrogen-bond donors (Lipinski definition) is 0. The summed E-state index contributed by atoms with van der Waals surface area (Å²) in [4.78, 5) is 0. The minimum Gasteiger partial charge on any atom is -1.00 e. The normalized spacial score (nSPS) is 9.95. The van der Waals surface area contributed by atoms with E-state index in [9.17, 15) is 0 Å². The van der Waals surface area contributed by atoms with Gasteiger partial charge in [-0.25, -0.2) is 18.3 Å². The van der Waals surface area contributed by atoms with Gasteiger partial charge in [-0.1, -0.05) is 169 Å². The van der Waals surface area contributed by atoms with Crippen molar-refractivity contribution < 1.29 is 86.2 Å². The average Bonchev–Trinajstić information content (AvgIpc) is 3.50. The number of benzene rings is 5. The maximum Gasteiger partial charge on any atom is 0.172 e. The van der Waals surface area contributed by atoms with Crippen molar-refractivity contribution in [3.05, 3.63) is 298 Å². The molecule has 0 aliphatic heterocycles. The molecule has 0 radical (unpaired) electrons. The van der Waals surface area contributed by atoms with Crippen LogP contribution in [-0.2, 0) is 51.9 Å². The van der Waals surface area contributed by atoms with E-state index in [0.717, 1.165) is 125 Å². The van der Waals surface area contributed by atoms with E-state index in [1.54, 1.807) is 0 Å². The molecule has 9 rings (SSSR count). The van der Waals surface area contributed by atoms with Crippen LogP contribution >= 0.6 is 0 Å². The number of halogens is 4. The molecule has 0 N–H and O–H groups in total. The lowest BCUT2D eigenvalue weighted by molar-refractivity contribution is -0.697. The van der Waals surface area contributed by atoms with Crippen LogP contribution in [0.2, 0.25) is 0 Å². The molecule has 0 saturated heterocycles. The minimum absolute atomic E-state index is 0. The third-order valence-corrected chi connectivity index (χ3v) is 13.6. The highest BCUT2D eigenvalue weighted by Gasteiger charge is 2.10. The van der Waals surface area contributed by atoms with Crippen LogP contribution in [0.4, 0.5) is 0 Å². The maximum absolute atomic E-state index is 3.58. The minimum atomic E-state index is 0. The van der Waals surface area contributed by atoms with E-state index in [0.29, 0.717) is 0 Å². The number of aromatic nitrogens is 4. The van der Waals surface area contributed by atoms with Crippen molar-refractivity contribution in [1.29, 1.82) is 0 Å². The van der Waals surface area contributed by atoms with Gasteiger partial charge < -0.3 is 67.9 Å². The molecule has 5 aromatic carbocycles. The lowest BCUT2D eigenvalue weighted by Crippen LogP contribution is -3.00. The molecule has 9 aromatic rings. The molecular weight excluding hydrogens is 1260 g/mol. The first-order valence-corrected chi connectivity index (χ1v) is 27.8. The Kier molecular flexibility index (Phi) is 29.7. The first-order valence-electron chi connectivity index (χ1n) is 27.8. The molecule has 4 heterocycles. The molecule has 0 fully saturated rings. The van der Waals surface area contributed by atoms with Gasteiger partial charge in [-0.2, -0.15) is 0 Å². The zero-order valence-corrected chi connectivity index (χ0v) is 52.9. The lowest BCUT2D eigenvalue weighted by Gasteiger charge is -2.04. The molecule has 8 heteroatoms. The maximum atomic E-state index is 3.58. The summed E-state index contributed by atoms with van der Waals surface area (Å²) in [6.45, 7) is 3.59. The van der Waals surface area contributed by atoms with E-state index in [-0.39, 0.29) is 67.9 Å². The fourth-order valence-corrected chi connectivity index (χ4v) is 9.65. The summed E-state index contributed by atoms with van der Waals surface area (Å²) in [6, 6.07) is 64.4. The molecule has 82 heavy (non-hydrogen) atoms. The number of rotatable bonds is 20. The fourth-order valence-electron chi connectivity index (χ4n) is 9.65. The summed E-state index contributed by atoms with van der Waals surface area (Å²) < 4.78 is 9.16. The third-order valence-electron chi connectivity index (χ3n) is 13.6. The van der Waals surface area contributed by atoms with Gasteiger partial charge in [0, 0.05) is 146 Å². The van der Waals surface area contributed by atoms with Crippen LogP contribution in [0, 0.1) is 47.4 Å². The Morgan fingerprint density at radius 3 is 0.671 bits per heavy atom. The summed E-state index contributed by atoms with van der Waals surface area (Å²) in [5.41, 5.74) is 14.1. The predicted octanol–water partition coefficient (Wildman–Crippen LogP) is 0.543. The van der Waals surface area contributed by atoms with Crippen LogP contribution in [0.5, 0.6) is 0 Å². The summed E-state index contributed by atoms with van der Waals surface area (Å²) in [7, 11) is 0. The van der Waals surface area contributed by atoms with Crippen molar-refractivity contribution in [2.75, 3.05) is 0 Å². The van der Waals surface area contributed by atoms with Crippen LogP contribution in [0.25, 0.3) is 0 Å². The summed E-state index contributed by atoms with van der Waals surface area (Å²) in [6.07, 6.45) is 28.2. The van der Waals surface area contributed by atoms with Gasteiger partial charge in [-0.15, -0.1) is 0 Å². The average molecular weight is 1340 g/mol. The smallest absolute Gasteiger partial charge is 0.172 e.